The number of carbonyl (C=O) groups excluding carboxylic acids is 1. The summed E-state index contributed by atoms with van der Waals surface area (Å²) in [7, 11) is 0.00410. The Kier molecular flexibility index (Phi) is 8.47. The van der Waals surface area contributed by atoms with Crippen LogP contribution in [0.3, 0.4) is 0 Å². The maximum absolute atomic E-state index is 13.1. The molecule has 0 aliphatic rings. The molecule has 2 aromatic carbocycles. The number of amides is 1. The van der Waals surface area contributed by atoms with Crippen LogP contribution in [0.25, 0.3) is 10.2 Å². The average molecular weight is 502 g/mol. The molecular weight excluding hydrogens is 477 g/mol. The van der Waals surface area contributed by atoms with E-state index in [1.54, 1.807) is 0 Å². The second-order valence-corrected chi connectivity index (χ2v) is 10.8. The van der Waals surface area contributed by atoms with E-state index in [0.29, 0.717) is 23.2 Å². The summed E-state index contributed by atoms with van der Waals surface area (Å²) >= 11 is 7.25. The standard InChI is InChI=1S/C21H24ClN3O3S2.ClH/c1-14-5-10-18-20(15(14)2)23-21(29-18)25(12-11-24(3)4)19(26)13-30(27,28)17-8-6-16(22)7-9-17;/h5-10H,11-13H2,1-4H3;1H. The molecule has 0 spiro atoms. The van der Waals surface area contributed by atoms with Crippen molar-refractivity contribution in [2.75, 3.05) is 37.8 Å². The van der Waals surface area contributed by atoms with Gasteiger partial charge in [-0.3, -0.25) is 9.69 Å². The first kappa shape index (κ1) is 25.5. The SMILES string of the molecule is Cc1ccc2sc(N(CCN(C)C)C(=O)CS(=O)(=O)c3ccc(Cl)cc3)nc2c1C.Cl. The molecule has 3 aromatic rings. The number of anilines is 1. The van der Waals surface area contributed by atoms with Gasteiger partial charge in [0.25, 0.3) is 0 Å². The van der Waals surface area contributed by atoms with Gasteiger partial charge in [0.2, 0.25) is 5.91 Å². The van der Waals surface area contributed by atoms with Crippen molar-refractivity contribution < 1.29 is 13.2 Å². The molecule has 0 unspecified atom stereocenters. The van der Waals surface area contributed by atoms with E-state index < -0.39 is 21.5 Å². The lowest BCUT2D eigenvalue weighted by atomic mass is 10.1. The molecule has 168 valence electrons. The number of fused-ring (bicyclic) bond motifs is 1. The number of aryl methyl sites for hydroxylation is 2. The van der Waals surface area contributed by atoms with Gasteiger partial charge in [-0.2, -0.15) is 0 Å². The Bertz CT molecular complexity index is 1180. The summed E-state index contributed by atoms with van der Waals surface area (Å²) in [5.74, 6) is -1.13. The molecule has 6 nitrogen and oxygen atoms in total. The fourth-order valence-corrected chi connectivity index (χ4v) is 5.32. The topological polar surface area (TPSA) is 70.6 Å². The van der Waals surface area contributed by atoms with Gasteiger partial charge >= 0.3 is 0 Å². The molecule has 0 aliphatic carbocycles. The van der Waals surface area contributed by atoms with E-state index >= 15 is 0 Å². The molecule has 0 aliphatic heterocycles. The van der Waals surface area contributed by atoms with E-state index in [0.717, 1.165) is 21.3 Å². The number of hydrogen-bond acceptors (Lipinski definition) is 6. The van der Waals surface area contributed by atoms with E-state index in [9.17, 15) is 13.2 Å². The highest BCUT2D eigenvalue weighted by atomic mass is 35.5. The summed E-state index contributed by atoms with van der Waals surface area (Å²) in [5.41, 5.74) is 3.03. The normalized spacial score (nSPS) is 11.5. The molecule has 0 radical (unpaired) electrons. The Morgan fingerprint density at radius 3 is 2.32 bits per heavy atom. The fourth-order valence-electron chi connectivity index (χ4n) is 2.92. The Labute approximate surface area is 198 Å². The molecule has 0 saturated heterocycles. The third kappa shape index (κ3) is 5.96. The van der Waals surface area contributed by atoms with E-state index in [1.807, 2.05) is 45.0 Å². The first-order chi connectivity index (χ1) is 14.1. The summed E-state index contributed by atoms with van der Waals surface area (Å²) in [4.78, 5) is 21.3. The Balaban J connectivity index is 0.00000341. The number of carbonyl (C=O) groups is 1. The lowest BCUT2D eigenvalue weighted by Crippen LogP contribution is -2.40. The highest BCUT2D eigenvalue weighted by molar-refractivity contribution is 7.92. The minimum Gasteiger partial charge on any atom is -0.308 e. The first-order valence-corrected chi connectivity index (χ1v) is 12.2. The second-order valence-electron chi connectivity index (χ2n) is 7.41. The van der Waals surface area contributed by atoms with Crippen LogP contribution in [0, 0.1) is 13.8 Å². The molecular formula is C21H25Cl2N3O3S2. The molecule has 0 saturated carbocycles. The molecule has 3 rings (SSSR count). The van der Waals surface area contributed by atoms with Gasteiger partial charge in [-0.15, -0.1) is 12.4 Å². The lowest BCUT2D eigenvalue weighted by Gasteiger charge is -2.22. The quantitative estimate of drug-likeness (QED) is 0.480. The number of rotatable bonds is 7. The Hall–Kier alpha value is -1.71. The van der Waals surface area contributed by atoms with Crippen LogP contribution in [0.5, 0.6) is 0 Å². The molecule has 0 fully saturated rings. The van der Waals surface area contributed by atoms with Gasteiger partial charge in [0, 0.05) is 18.1 Å². The van der Waals surface area contributed by atoms with E-state index in [-0.39, 0.29) is 17.3 Å². The Morgan fingerprint density at radius 1 is 1.06 bits per heavy atom. The minimum absolute atomic E-state index is 0. The van der Waals surface area contributed by atoms with Crippen LogP contribution >= 0.6 is 35.3 Å². The number of nitrogens with zero attached hydrogens (tertiary/aromatic N) is 3. The van der Waals surface area contributed by atoms with Crippen LogP contribution in [0.1, 0.15) is 11.1 Å². The third-order valence-electron chi connectivity index (χ3n) is 4.86. The summed E-state index contributed by atoms with van der Waals surface area (Å²) < 4.78 is 26.5. The zero-order chi connectivity index (χ0) is 22.1. The number of aromatic nitrogens is 1. The average Bonchev–Trinajstić information content (AvgIpc) is 3.09. The van der Waals surface area contributed by atoms with Crippen molar-refractivity contribution in [1.29, 1.82) is 0 Å². The number of likely N-dealkylation sites (N-methyl/N-ethyl adjacent to an activating group) is 1. The maximum Gasteiger partial charge on any atom is 0.244 e. The summed E-state index contributed by atoms with van der Waals surface area (Å²) in [6.45, 7) is 4.94. The second kappa shape index (κ2) is 10.3. The van der Waals surface area contributed by atoms with Crippen molar-refractivity contribution in [3.8, 4) is 0 Å². The van der Waals surface area contributed by atoms with Crippen molar-refractivity contribution in [1.82, 2.24) is 9.88 Å². The molecule has 0 bridgehead atoms. The molecule has 1 aromatic heterocycles. The lowest BCUT2D eigenvalue weighted by molar-refractivity contribution is -0.116. The minimum atomic E-state index is -3.80. The van der Waals surface area contributed by atoms with Crippen LogP contribution in [0.4, 0.5) is 5.13 Å². The fraction of sp³-hybridized carbons (Fsp3) is 0.333. The van der Waals surface area contributed by atoms with Crippen molar-refractivity contribution in [3.63, 3.8) is 0 Å². The summed E-state index contributed by atoms with van der Waals surface area (Å²) in [5, 5.41) is 0.949. The van der Waals surface area contributed by atoms with Crippen LogP contribution in [-0.4, -0.2) is 57.1 Å². The Morgan fingerprint density at radius 2 is 1.71 bits per heavy atom. The molecule has 10 heteroatoms. The first-order valence-electron chi connectivity index (χ1n) is 9.38. The predicted molar refractivity (Wildman–Crippen MR) is 131 cm³/mol. The third-order valence-corrected chi connectivity index (χ3v) is 7.78. The van der Waals surface area contributed by atoms with E-state index in [1.165, 1.54) is 40.5 Å². The smallest absolute Gasteiger partial charge is 0.244 e. The molecule has 1 amide bonds. The van der Waals surface area contributed by atoms with Gasteiger partial charge in [-0.05, 0) is 69.4 Å². The van der Waals surface area contributed by atoms with Gasteiger partial charge in [0.1, 0.15) is 5.75 Å². The molecule has 1 heterocycles. The van der Waals surface area contributed by atoms with Crippen LogP contribution < -0.4 is 4.90 Å². The number of thiazole rings is 1. The largest absolute Gasteiger partial charge is 0.308 e. The highest BCUT2D eigenvalue weighted by Gasteiger charge is 2.27. The summed E-state index contributed by atoms with van der Waals surface area (Å²) in [6.07, 6.45) is 0. The number of sulfone groups is 1. The summed E-state index contributed by atoms with van der Waals surface area (Å²) in [6, 6.07) is 9.84. The maximum atomic E-state index is 13.1. The van der Waals surface area contributed by atoms with Gasteiger partial charge in [0.05, 0.1) is 15.1 Å². The van der Waals surface area contributed by atoms with Gasteiger partial charge in [-0.25, -0.2) is 13.4 Å². The van der Waals surface area contributed by atoms with Crippen molar-refractivity contribution >= 4 is 66.4 Å². The van der Waals surface area contributed by atoms with Gasteiger partial charge in [0.15, 0.2) is 15.0 Å². The van der Waals surface area contributed by atoms with E-state index in [4.69, 9.17) is 11.6 Å². The van der Waals surface area contributed by atoms with Crippen LogP contribution in [-0.2, 0) is 14.6 Å². The zero-order valence-electron chi connectivity index (χ0n) is 17.8. The van der Waals surface area contributed by atoms with Crippen molar-refractivity contribution in [2.24, 2.45) is 0 Å². The predicted octanol–water partition coefficient (Wildman–Crippen LogP) is 4.36. The monoisotopic (exact) mass is 501 g/mol. The molecule has 0 N–H and O–H groups in total. The van der Waals surface area contributed by atoms with Crippen molar-refractivity contribution in [2.45, 2.75) is 18.7 Å². The van der Waals surface area contributed by atoms with Crippen LogP contribution in [0.15, 0.2) is 41.3 Å². The van der Waals surface area contributed by atoms with Gasteiger partial charge < -0.3 is 4.90 Å². The highest BCUT2D eigenvalue weighted by Crippen LogP contribution is 2.32. The number of hydrogen-bond donors (Lipinski definition) is 0. The van der Waals surface area contributed by atoms with Crippen molar-refractivity contribution in [3.05, 3.63) is 52.5 Å². The molecule has 31 heavy (non-hydrogen) atoms. The van der Waals surface area contributed by atoms with Crippen LogP contribution in [0.2, 0.25) is 5.02 Å². The number of halogens is 2. The zero-order valence-corrected chi connectivity index (χ0v) is 21.0. The van der Waals surface area contributed by atoms with Gasteiger partial charge in [-0.1, -0.05) is 29.0 Å². The number of benzene rings is 2. The molecule has 0 atom stereocenters. The van der Waals surface area contributed by atoms with E-state index in [2.05, 4.69) is 4.98 Å².